The zero-order chi connectivity index (χ0) is 15.1. The second-order valence-corrected chi connectivity index (χ2v) is 6.29. The van der Waals surface area contributed by atoms with Gasteiger partial charge in [-0.15, -0.1) is 16.4 Å². The van der Waals surface area contributed by atoms with E-state index in [9.17, 15) is 4.79 Å². The number of nitrogens with zero attached hydrogens (tertiary/aromatic N) is 4. The molecular weight excluding hydrogens is 300 g/mol. The van der Waals surface area contributed by atoms with Gasteiger partial charge in [-0.2, -0.15) is 15.4 Å². The van der Waals surface area contributed by atoms with Gasteiger partial charge in [0, 0.05) is 30.0 Å². The number of nitrogens with one attached hydrogen (secondary N) is 2. The molecule has 0 saturated heterocycles. The van der Waals surface area contributed by atoms with Crippen LogP contribution in [0.2, 0.25) is 0 Å². The first-order chi connectivity index (χ1) is 10.7. The normalized spacial score (nSPS) is 20.0. The minimum absolute atomic E-state index is 0.00396. The average molecular weight is 314 g/mol. The highest BCUT2D eigenvalue weighted by atomic mass is 32.1. The van der Waals surface area contributed by atoms with Crippen molar-refractivity contribution >= 4 is 23.1 Å². The van der Waals surface area contributed by atoms with Gasteiger partial charge in [-0.1, -0.05) is 6.07 Å². The summed E-state index contributed by atoms with van der Waals surface area (Å²) in [6.45, 7) is 0. The van der Waals surface area contributed by atoms with Gasteiger partial charge in [0.25, 0.3) is 0 Å². The van der Waals surface area contributed by atoms with E-state index in [1.54, 1.807) is 22.2 Å². The largest absolute Gasteiger partial charge is 0.307 e. The van der Waals surface area contributed by atoms with Gasteiger partial charge in [-0.25, -0.2) is 0 Å². The molecule has 3 heterocycles. The predicted molar refractivity (Wildman–Crippen MR) is 82.4 cm³/mol. The summed E-state index contributed by atoms with van der Waals surface area (Å²) >= 11 is 1.70. The summed E-state index contributed by atoms with van der Waals surface area (Å²) < 4.78 is 1.69. The molecule has 112 valence electrons. The van der Waals surface area contributed by atoms with Crippen LogP contribution in [0.3, 0.4) is 0 Å². The summed E-state index contributed by atoms with van der Waals surface area (Å²) in [6.07, 6.45) is 2.58. The van der Waals surface area contributed by atoms with Gasteiger partial charge in [0.1, 0.15) is 0 Å². The fraction of sp³-hybridized carbons (Fsp3) is 0.286. The van der Waals surface area contributed by atoms with Gasteiger partial charge in [0.05, 0.1) is 5.69 Å². The van der Waals surface area contributed by atoms with Crippen molar-refractivity contribution in [3.63, 3.8) is 0 Å². The van der Waals surface area contributed by atoms with Crippen molar-refractivity contribution in [1.82, 2.24) is 25.2 Å². The molecule has 1 saturated carbocycles. The Bertz CT molecular complexity index is 805. The number of aromatic nitrogens is 5. The molecule has 2 N–H and O–H groups in total. The fourth-order valence-electron chi connectivity index (χ4n) is 2.61. The minimum atomic E-state index is -0.00396. The van der Waals surface area contributed by atoms with Crippen LogP contribution in [0, 0.1) is 5.92 Å². The van der Waals surface area contributed by atoms with Crippen molar-refractivity contribution in [3.05, 3.63) is 34.7 Å². The highest BCUT2D eigenvalue weighted by Crippen LogP contribution is 2.49. The maximum atomic E-state index is 12.4. The third kappa shape index (κ3) is 2.21. The topological polar surface area (TPSA) is 88.5 Å². The van der Waals surface area contributed by atoms with E-state index in [-0.39, 0.29) is 11.8 Å². The van der Waals surface area contributed by atoms with Crippen LogP contribution in [0.5, 0.6) is 0 Å². The first-order valence-electron chi connectivity index (χ1n) is 6.97. The lowest BCUT2D eigenvalue weighted by molar-refractivity contribution is -0.117. The number of hydrogen-bond donors (Lipinski definition) is 2. The third-order valence-corrected chi connectivity index (χ3v) is 4.89. The molecule has 1 amide bonds. The highest BCUT2D eigenvalue weighted by molar-refractivity contribution is 7.10. The number of hydrogen-bond acceptors (Lipinski definition) is 5. The molecule has 0 spiro atoms. The molecular formula is C14H14N6OS. The van der Waals surface area contributed by atoms with Gasteiger partial charge in [0.15, 0.2) is 11.5 Å². The second kappa shape index (κ2) is 5.06. The zero-order valence-corrected chi connectivity index (χ0v) is 12.7. The lowest BCUT2D eigenvalue weighted by atomic mass is 10.2. The van der Waals surface area contributed by atoms with Crippen LogP contribution in [-0.4, -0.2) is 31.1 Å². The predicted octanol–water partition coefficient (Wildman–Crippen LogP) is 2.01. The summed E-state index contributed by atoms with van der Waals surface area (Å²) in [4.78, 5) is 13.6. The summed E-state index contributed by atoms with van der Waals surface area (Å²) in [5.74, 6) is 0.808. The molecule has 2 atom stereocenters. The number of carbonyl (C=O) groups excluding carboxylic acids is 1. The van der Waals surface area contributed by atoms with Crippen molar-refractivity contribution in [3.8, 4) is 11.4 Å². The quantitative estimate of drug-likeness (QED) is 0.771. The number of rotatable bonds is 4. The molecule has 1 aliphatic carbocycles. The standard InChI is InChI=1S/C14H14N6OS/c1-20-10(4-5-15-20)12-13(18-19-17-12)16-14(21)9-7-8(9)11-3-2-6-22-11/h2-6,8-9H,7H2,1H3,(H2,16,17,18,19,21)/t8-,9-/m1/s1. The molecule has 3 aromatic rings. The smallest absolute Gasteiger partial charge is 0.229 e. The molecule has 0 radical (unpaired) electrons. The SMILES string of the molecule is Cn1nccc1-c1n[nH]nc1NC(=O)[C@@H]1C[C@H]1c1cccs1. The Kier molecular flexibility index (Phi) is 3.04. The van der Waals surface area contributed by atoms with Crippen LogP contribution in [0.15, 0.2) is 29.8 Å². The molecule has 8 heteroatoms. The monoisotopic (exact) mass is 314 g/mol. The molecule has 3 aromatic heterocycles. The van der Waals surface area contributed by atoms with Gasteiger partial charge < -0.3 is 5.32 Å². The van der Waals surface area contributed by atoms with Crippen molar-refractivity contribution in [2.24, 2.45) is 13.0 Å². The number of thiophene rings is 1. The molecule has 0 aromatic carbocycles. The van der Waals surface area contributed by atoms with E-state index in [4.69, 9.17) is 0 Å². The molecule has 1 aliphatic rings. The molecule has 4 rings (SSSR count). The number of amides is 1. The molecule has 0 unspecified atom stereocenters. The van der Waals surface area contributed by atoms with Crippen molar-refractivity contribution in [2.45, 2.75) is 12.3 Å². The van der Waals surface area contributed by atoms with Gasteiger partial charge in [0.2, 0.25) is 5.91 Å². The van der Waals surface area contributed by atoms with Crippen molar-refractivity contribution in [1.29, 1.82) is 0 Å². The number of H-pyrrole nitrogens is 1. The minimum Gasteiger partial charge on any atom is -0.307 e. The van der Waals surface area contributed by atoms with E-state index in [1.807, 2.05) is 24.6 Å². The number of anilines is 1. The second-order valence-electron chi connectivity index (χ2n) is 5.31. The summed E-state index contributed by atoms with van der Waals surface area (Å²) in [5, 5.41) is 19.8. The molecule has 0 aliphatic heterocycles. The zero-order valence-electron chi connectivity index (χ0n) is 11.9. The van der Waals surface area contributed by atoms with Crippen LogP contribution in [0.25, 0.3) is 11.4 Å². The van der Waals surface area contributed by atoms with Crippen molar-refractivity contribution in [2.75, 3.05) is 5.32 Å². The molecule has 22 heavy (non-hydrogen) atoms. The molecule has 1 fully saturated rings. The first-order valence-corrected chi connectivity index (χ1v) is 7.85. The van der Waals surface area contributed by atoms with Crippen LogP contribution in [-0.2, 0) is 11.8 Å². The van der Waals surface area contributed by atoms with Crippen LogP contribution in [0.1, 0.15) is 17.2 Å². The number of carbonyl (C=O) groups is 1. The molecule has 7 nitrogen and oxygen atoms in total. The van der Waals surface area contributed by atoms with Crippen LogP contribution < -0.4 is 5.32 Å². The lowest BCUT2D eigenvalue weighted by Gasteiger charge is -2.03. The Hall–Kier alpha value is -2.48. The summed E-state index contributed by atoms with van der Waals surface area (Å²) in [5.41, 5.74) is 1.40. The Morgan fingerprint density at radius 1 is 1.45 bits per heavy atom. The summed E-state index contributed by atoms with van der Waals surface area (Å²) in [6, 6.07) is 5.93. The van der Waals surface area contributed by atoms with Crippen LogP contribution >= 0.6 is 11.3 Å². The Morgan fingerprint density at radius 2 is 2.36 bits per heavy atom. The number of aryl methyl sites for hydroxylation is 1. The van der Waals surface area contributed by atoms with Gasteiger partial charge in [-0.05, 0) is 23.9 Å². The Morgan fingerprint density at radius 3 is 3.09 bits per heavy atom. The number of aromatic amines is 1. The third-order valence-electron chi connectivity index (χ3n) is 3.89. The summed E-state index contributed by atoms with van der Waals surface area (Å²) in [7, 11) is 1.82. The first kappa shape index (κ1) is 13.2. The fourth-order valence-corrected chi connectivity index (χ4v) is 3.52. The van der Waals surface area contributed by atoms with Crippen molar-refractivity contribution < 1.29 is 4.79 Å². The maximum Gasteiger partial charge on any atom is 0.229 e. The van der Waals surface area contributed by atoms with Gasteiger partial charge >= 0.3 is 0 Å². The molecule has 0 bridgehead atoms. The van der Waals surface area contributed by atoms with E-state index < -0.39 is 0 Å². The van der Waals surface area contributed by atoms with E-state index in [0.717, 1.165) is 12.1 Å². The Balaban J connectivity index is 1.50. The van der Waals surface area contributed by atoms with E-state index in [1.165, 1.54) is 4.88 Å². The highest BCUT2D eigenvalue weighted by Gasteiger charge is 2.44. The average Bonchev–Trinajstić information content (AvgIpc) is 2.91. The van der Waals surface area contributed by atoms with E-state index in [0.29, 0.717) is 17.4 Å². The van der Waals surface area contributed by atoms with Gasteiger partial charge in [-0.3, -0.25) is 9.48 Å². The van der Waals surface area contributed by atoms with E-state index in [2.05, 4.69) is 31.9 Å². The van der Waals surface area contributed by atoms with Crippen LogP contribution in [0.4, 0.5) is 5.82 Å². The lowest BCUT2D eigenvalue weighted by Crippen LogP contribution is -2.15. The van der Waals surface area contributed by atoms with E-state index >= 15 is 0 Å². The maximum absolute atomic E-state index is 12.4. The Labute approximate surface area is 130 Å².